The summed E-state index contributed by atoms with van der Waals surface area (Å²) >= 11 is 0. The Balaban J connectivity index is 1.63. The summed E-state index contributed by atoms with van der Waals surface area (Å²) in [6, 6.07) is 10.1. The van der Waals surface area contributed by atoms with Crippen LogP contribution >= 0.6 is 0 Å². The van der Waals surface area contributed by atoms with Gasteiger partial charge in [0.2, 0.25) is 0 Å². The minimum absolute atomic E-state index is 0.0984. The SMILES string of the molecule is C[C@@H]1C[C@H](C)CN(Cc2ccccc2CNC(=O)c2ccoc2)C1. The highest BCUT2D eigenvalue weighted by atomic mass is 16.3. The summed E-state index contributed by atoms with van der Waals surface area (Å²) in [6.45, 7) is 8.46. The molecule has 0 saturated carbocycles. The van der Waals surface area contributed by atoms with E-state index in [0.29, 0.717) is 12.1 Å². The maximum Gasteiger partial charge on any atom is 0.254 e. The van der Waals surface area contributed by atoms with E-state index in [1.54, 1.807) is 6.07 Å². The molecule has 1 amide bonds. The van der Waals surface area contributed by atoms with E-state index in [9.17, 15) is 4.79 Å². The van der Waals surface area contributed by atoms with Gasteiger partial charge in [-0.3, -0.25) is 9.69 Å². The van der Waals surface area contributed by atoms with Crippen LogP contribution < -0.4 is 5.32 Å². The van der Waals surface area contributed by atoms with Crippen molar-refractivity contribution in [1.29, 1.82) is 0 Å². The summed E-state index contributed by atoms with van der Waals surface area (Å²) < 4.78 is 4.96. The van der Waals surface area contributed by atoms with E-state index in [2.05, 4.69) is 42.3 Å². The lowest BCUT2D eigenvalue weighted by Crippen LogP contribution is -2.38. The van der Waals surface area contributed by atoms with Crippen LogP contribution in [0.1, 0.15) is 41.8 Å². The average molecular weight is 326 g/mol. The molecule has 1 aliphatic rings. The topological polar surface area (TPSA) is 45.5 Å². The molecule has 128 valence electrons. The molecule has 1 aromatic carbocycles. The first-order chi connectivity index (χ1) is 11.6. The van der Waals surface area contributed by atoms with Crippen molar-refractivity contribution in [3.8, 4) is 0 Å². The molecule has 1 N–H and O–H groups in total. The van der Waals surface area contributed by atoms with Crippen LogP contribution in [0.15, 0.2) is 47.3 Å². The van der Waals surface area contributed by atoms with E-state index in [0.717, 1.165) is 31.5 Å². The smallest absolute Gasteiger partial charge is 0.254 e. The number of nitrogens with one attached hydrogen (secondary N) is 1. The van der Waals surface area contributed by atoms with Crippen LogP contribution in [0.3, 0.4) is 0 Å². The summed E-state index contributed by atoms with van der Waals surface area (Å²) in [7, 11) is 0. The molecule has 3 rings (SSSR count). The number of hydrogen-bond donors (Lipinski definition) is 1. The molecule has 24 heavy (non-hydrogen) atoms. The molecule has 0 spiro atoms. The Labute approximate surface area is 143 Å². The lowest BCUT2D eigenvalue weighted by Gasteiger charge is -2.35. The second-order valence-corrected chi connectivity index (χ2v) is 7.10. The van der Waals surface area contributed by atoms with Gasteiger partial charge in [0.15, 0.2) is 0 Å². The number of amides is 1. The summed E-state index contributed by atoms with van der Waals surface area (Å²) in [5.41, 5.74) is 3.04. The van der Waals surface area contributed by atoms with Gasteiger partial charge in [-0.05, 0) is 35.4 Å². The summed E-state index contributed by atoms with van der Waals surface area (Å²) in [5, 5.41) is 2.98. The van der Waals surface area contributed by atoms with Crippen molar-refractivity contribution in [3.05, 3.63) is 59.5 Å². The molecule has 0 radical (unpaired) electrons. The van der Waals surface area contributed by atoms with Gasteiger partial charge in [-0.25, -0.2) is 0 Å². The van der Waals surface area contributed by atoms with Gasteiger partial charge in [-0.1, -0.05) is 38.1 Å². The lowest BCUT2D eigenvalue weighted by atomic mass is 9.91. The van der Waals surface area contributed by atoms with Gasteiger partial charge in [0.05, 0.1) is 11.8 Å². The minimum Gasteiger partial charge on any atom is -0.472 e. The van der Waals surface area contributed by atoms with Gasteiger partial charge in [0, 0.05) is 26.2 Å². The monoisotopic (exact) mass is 326 g/mol. The van der Waals surface area contributed by atoms with Crippen LogP contribution in [0.4, 0.5) is 0 Å². The van der Waals surface area contributed by atoms with Crippen molar-refractivity contribution in [1.82, 2.24) is 10.2 Å². The quantitative estimate of drug-likeness (QED) is 0.911. The number of piperidine rings is 1. The van der Waals surface area contributed by atoms with Gasteiger partial charge in [0.1, 0.15) is 6.26 Å². The third kappa shape index (κ3) is 4.26. The number of nitrogens with zero attached hydrogens (tertiary/aromatic N) is 1. The fourth-order valence-electron chi connectivity index (χ4n) is 3.72. The number of hydrogen-bond acceptors (Lipinski definition) is 3. The maximum atomic E-state index is 12.1. The number of carbonyl (C=O) groups excluding carboxylic acids is 1. The van der Waals surface area contributed by atoms with Gasteiger partial charge in [0.25, 0.3) is 5.91 Å². The minimum atomic E-state index is -0.0984. The summed E-state index contributed by atoms with van der Waals surface area (Å²) in [4.78, 5) is 14.6. The highest BCUT2D eigenvalue weighted by Gasteiger charge is 2.22. The molecule has 1 fully saturated rings. The van der Waals surface area contributed by atoms with E-state index in [1.165, 1.54) is 30.1 Å². The number of furan rings is 1. The molecule has 2 heterocycles. The Morgan fingerprint density at radius 1 is 1.17 bits per heavy atom. The average Bonchev–Trinajstić information content (AvgIpc) is 3.07. The van der Waals surface area contributed by atoms with Crippen LogP contribution in [0.25, 0.3) is 0 Å². The molecule has 1 saturated heterocycles. The Morgan fingerprint density at radius 3 is 2.54 bits per heavy atom. The fourth-order valence-corrected chi connectivity index (χ4v) is 3.72. The molecular formula is C20H26N2O2. The van der Waals surface area contributed by atoms with Crippen molar-refractivity contribution in [3.63, 3.8) is 0 Å². The first-order valence-electron chi connectivity index (χ1n) is 8.71. The fraction of sp³-hybridized carbons (Fsp3) is 0.450. The predicted octanol–water partition coefficient (Wildman–Crippen LogP) is 3.69. The van der Waals surface area contributed by atoms with E-state index in [1.807, 2.05) is 6.07 Å². The molecule has 1 aromatic heterocycles. The standard InChI is InChI=1S/C20H26N2O2/c1-15-9-16(2)12-22(11-15)13-18-6-4-3-5-17(18)10-21-20(23)19-7-8-24-14-19/h3-8,14-16H,9-13H2,1-2H3,(H,21,23)/t15-,16+. The third-order valence-electron chi connectivity index (χ3n) is 4.68. The number of likely N-dealkylation sites (tertiary alicyclic amines) is 1. The van der Waals surface area contributed by atoms with Crippen molar-refractivity contribution < 1.29 is 9.21 Å². The summed E-state index contributed by atoms with van der Waals surface area (Å²) in [6.07, 6.45) is 4.30. The van der Waals surface area contributed by atoms with Crippen LogP contribution in [-0.4, -0.2) is 23.9 Å². The molecule has 0 bridgehead atoms. The maximum absolute atomic E-state index is 12.1. The van der Waals surface area contributed by atoms with E-state index in [-0.39, 0.29) is 5.91 Å². The van der Waals surface area contributed by atoms with Crippen molar-refractivity contribution in [2.24, 2.45) is 11.8 Å². The zero-order valence-electron chi connectivity index (χ0n) is 14.5. The molecule has 4 nitrogen and oxygen atoms in total. The molecule has 0 unspecified atom stereocenters. The number of carbonyl (C=O) groups is 1. The zero-order valence-corrected chi connectivity index (χ0v) is 14.5. The molecule has 0 aliphatic carbocycles. The highest BCUT2D eigenvalue weighted by Crippen LogP contribution is 2.23. The van der Waals surface area contributed by atoms with Gasteiger partial charge >= 0.3 is 0 Å². The largest absolute Gasteiger partial charge is 0.472 e. The first kappa shape index (κ1) is 16.8. The first-order valence-corrected chi connectivity index (χ1v) is 8.71. The van der Waals surface area contributed by atoms with E-state index in [4.69, 9.17) is 4.42 Å². The Hall–Kier alpha value is -2.07. The Kier molecular flexibility index (Phi) is 5.36. The van der Waals surface area contributed by atoms with Gasteiger partial charge < -0.3 is 9.73 Å². The van der Waals surface area contributed by atoms with Crippen LogP contribution in [0.2, 0.25) is 0 Å². The molecule has 2 aromatic rings. The molecule has 4 heteroatoms. The number of benzene rings is 1. The normalized spacial score (nSPS) is 21.6. The highest BCUT2D eigenvalue weighted by molar-refractivity contribution is 5.93. The van der Waals surface area contributed by atoms with E-state index < -0.39 is 0 Å². The van der Waals surface area contributed by atoms with Crippen molar-refractivity contribution in [2.75, 3.05) is 13.1 Å². The second-order valence-electron chi connectivity index (χ2n) is 7.10. The second kappa shape index (κ2) is 7.67. The Morgan fingerprint density at radius 2 is 1.88 bits per heavy atom. The number of rotatable bonds is 5. The predicted molar refractivity (Wildman–Crippen MR) is 94.5 cm³/mol. The van der Waals surface area contributed by atoms with Crippen molar-refractivity contribution >= 4 is 5.91 Å². The molecule has 1 aliphatic heterocycles. The van der Waals surface area contributed by atoms with E-state index >= 15 is 0 Å². The third-order valence-corrected chi connectivity index (χ3v) is 4.68. The van der Waals surface area contributed by atoms with Gasteiger partial charge in [-0.15, -0.1) is 0 Å². The summed E-state index contributed by atoms with van der Waals surface area (Å²) in [5.74, 6) is 1.40. The zero-order chi connectivity index (χ0) is 16.9. The lowest BCUT2D eigenvalue weighted by molar-refractivity contribution is 0.0950. The Bertz CT molecular complexity index is 656. The van der Waals surface area contributed by atoms with Gasteiger partial charge in [-0.2, -0.15) is 0 Å². The molecular weight excluding hydrogens is 300 g/mol. The molecule has 2 atom stereocenters. The van der Waals surface area contributed by atoms with Crippen LogP contribution in [0, 0.1) is 11.8 Å². The van der Waals surface area contributed by atoms with Crippen molar-refractivity contribution in [2.45, 2.75) is 33.4 Å². The van der Waals surface area contributed by atoms with Crippen LogP contribution in [-0.2, 0) is 13.1 Å². The van der Waals surface area contributed by atoms with Crippen LogP contribution in [0.5, 0.6) is 0 Å².